The number of nitrogens with one attached hydrogen (secondary N) is 2. The highest BCUT2D eigenvalue weighted by Crippen LogP contribution is 2.17. The molecule has 1 aromatic heterocycles. The summed E-state index contributed by atoms with van der Waals surface area (Å²) in [5.74, 6) is -0.282. The number of aliphatic hydroxyl groups is 1. The number of ether oxygens (including phenoxy) is 1. The molecule has 0 spiro atoms. The lowest BCUT2D eigenvalue weighted by Crippen LogP contribution is -2.50. The van der Waals surface area contributed by atoms with Gasteiger partial charge in [-0.15, -0.1) is 0 Å². The van der Waals surface area contributed by atoms with Gasteiger partial charge in [-0.3, -0.25) is 9.89 Å². The molecular weight excluding hydrogens is 258 g/mol. The van der Waals surface area contributed by atoms with Crippen molar-refractivity contribution in [2.45, 2.75) is 18.9 Å². The SMILES string of the molecule is COCC(C)(CCO)NC(=O)c1n[nH]c2ccccc12. The van der Waals surface area contributed by atoms with Crippen molar-refractivity contribution in [2.75, 3.05) is 20.3 Å². The van der Waals surface area contributed by atoms with E-state index in [4.69, 9.17) is 9.84 Å². The van der Waals surface area contributed by atoms with Gasteiger partial charge in [0.05, 0.1) is 17.7 Å². The number of fused-ring (bicyclic) bond motifs is 1. The third kappa shape index (κ3) is 2.97. The van der Waals surface area contributed by atoms with E-state index in [1.807, 2.05) is 31.2 Å². The lowest BCUT2D eigenvalue weighted by Gasteiger charge is -2.29. The van der Waals surface area contributed by atoms with Crippen LogP contribution in [0.3, 0.4) is 0 Å². The van der Waals surface area contributed by atoms with Crippen LogP contribution >= 0.6 is 0 Å². The Hall–Kier alpha value is -1.92. The summed E-state index contributed by atoms with van der Waals surface area (Å²) in [5.41, 5.74) is 0.537. The van der Waals surface area contributed by atoms with Crippen LogP contribution in [0.1, 0.15) is 23.8 Å². The fourth-order valence-corrected chi connectivity index (χ4v) is 2.21. The summed E-state index contributed by atoms with van der Waals surface area (Å²) < 4.78 is 5.11. The van der Waals surface area contributed by atoms with E-state index in [-0.39, 0.29) is 12.5 Å². The van der Waals surface area contributed by atoms with Gasteiger partial charge in [0.1, 0.15) is 0 Å². The second-order valence-corrected chi connectivity index (χ2v) is 5.04. The van der Waals surface area contributed by atoms with Gasteiger partial charge in [-0.25, -0.2) is 0 Å². The van der Waals surface area contributed by atoms with Crippen molar-refractivity contribution < 1.29 is 14.6 Å². The van der Waals surface area contributed by atoms with Crippen molar-refractivity contribution in [1.29, 1.82) is 0 Å². The van der Waals surface area contributed by atoms with Crippen molar-refractivity contribution in [3.8, 4) is 0 Å². The molecule has 6 heteroatoms. The van der Waals surface area contributed by atoms with E-state index in [1.165, 1.54) is 0 Å². The van der Waals surface area contributed by atoms with Crippen LogP contribution in [0.15, 0.2) is 24.3 Å². The average Bonchev–Trinajstić information content (AvgIpc) is 2.82. The fraction of sp³-hybridized carbons (Fsp3) is 0.429. The van der Waals surface area contributed by atoms with Gasteiger partial charge in [-0.1, -0.05) is 18.2 Å². The molecule has 2 aromatic rings. The van der Waals surface area contributed by atoms with Gasteiger partial charge in [0, 0.05) is 19.1 Å². The molecule has 0 radical (unpaired) electrons. The molecule has 108 valence electrons. The molecular formula is C14H19N3O3. The number of benzene rings is 1. The molecule has 3 N–H and O–H groups in total. The zero-order valence-electron chi connectivity index (χ0n) is 11.6. The Morgan fingerprint density at radius 1 is 1.50 bits per heavy atom. The average molecular weight is 277 g/mol. The van der Waals surface area contributed by atoms with Crippen molar-refractivity contribution in [1.82, 2.24) is 15.5 Å². The molecule has 0 saturated heterocycles. The molecule has 0 bridgehead atoms. The van der Waals surface area contributed by atoms with Gasteiger partial charge in [0.15, 0.2) is 5.69 Å². The van der Waals surface area contributed by atoms with Crippen LogP contribution in [0.2, 0.25) is 0 Å². The number of H-pyrrole nitrogens is 1. The van der Waals surface area contributed by atoms with Gasteiger partial charge >= 0.3 is 0 Å². The van der Waals surface area contributed by atoms with E-state index < -0.39 is 5.54 Å². The number of aromatic amines is 1. The molecule has 1 aromatic carbocycles. The number of nitrogens with zero attached hydrogens (tertiary/aromatic N) is 1. The molecule has 0 saturated carbocycles. The molecule has 20 heavy (non-hydrogen) atoms. The Balaban J connectivity index is 2.22. The molecule has 2 rings (SSSR count). The zero-order valence-corrected chi connectivity index (χ0v) is 11.6. The van der Waals surface area contributed by atoms with Crippen molar-refractivity contribution in [2.24, 2.45) is 0 Å². The predicted octanol–water partition coefficient (Wildman–Crippen LogP) is 1.08. The van der Waals surface area contributed by atoms with Gasteiger partial charge in [0.25, 0.3) is 5.91 Å². The second-order valence-electron chi connectivity index (χ2n) is 5.04. The van der Waals surface area contributed by atoms with E-state index in [9.17, 15) is 4.79 Å². The number of carbonyl (C=O) groups is 1. The molecule has 1 amide bonds. The van der Waals surface area contributed by atoms with Crippen LogP contribution in [0.25, 0.3) is 10.9 Å². The Kier molecular flexibility index (Phi) is 4.36. The lowest BCUT2D eigenvalue weighted by atomic mass is 9.99. The van der Waals surface area contributed by atoms with Gasteiger partial charge in [-0.2, -0.15) is 5.10 Å². The summed E-state index contributed by atoms with van der Waals surface area (Å²) in [6.07, 6.45) is 0.412. The van der Waals surface area contributed by atoms with Crippen LogP contribution in [-0.2, 0) is 4.74 Å². The van der Waals surface area contributed by atoms with Crippen LogP contribution in [0.5, 0.6) is 0 Å². The zero-order chi connectivity index (χ0) is 14.6. The maximum atomic E-state index is 12.4. The molecule has 0 aliphatic carbocycles. The Labute approximate surface area is 117 Å². The van der Waals surface area contributed by atoms with Crippen molar-refractivity contribution in [3.05, 3.63) is 30.0 Å². The largest absolute Gasteiger partial charge is 0.396 e. The highest BCUT2D eigenvalue weighted by molar-refractivity contribution is 6.04. The first-order chi connectivity index (χ1) is 9.59. The lowest BCUT2D eigenvalue weighted by molar-refractivity contribution is 0.0723. The standard InChI is InChI=1S/C14H19N3O3/c1-14(7-8-18,9-20-2)15-13(19)12-10-5-3-4-6-11(10)16-17-12/h3-6,18H,7-9H2,1-2H3,(H,15,19)(H,16,17). The summed E-state index contributed by atoms with van der Waals surface area (Å²) in [6.45, 7) is 2.13. The van der Waals surface area contributed by atoms with E-state index in [1.54, 1.807) is 7.11 Å². The summed E-state index contributed by atoms with van der Waals surface area (Å²) in [6, 6.07) is 7.44. The number of carbonyl (C=O) groups excluding carboxylic acids is 1. The minimum atomic E-state index is -0.624. The van der Waals surface area contributed by atoms with Gasteiger partial charge in [0.2, 0.25) is 0 Å². The van der Waals surface area contributed by atoms with Gasteiger partial charge in [-0.05, 0) is 19.4 Å². The van der Waals surface area contributed by atoms with Crippen LogP contribution < -0.4 is 5.32 Å². The van der Waals surface area contributed by atoms with E-state index in [0.717, 1.165) is 10.9 Å². The summed E-state index contributed by atoms with van der Waals surface area (Å²) >= 11 is 0. The molecule has 1 heterocycles. The first-order valence-corrected chi connectivity index (χ1v) is 6.45. The van der Waals surface area contributed by atoms with Crippen molar-refractivity contribution in [3.63, 3.8) is 0 Å². The Morgan fingerprint density at radius 3 is 2.95 bits per heavy atom. The number of rotatable bonds is 6. The van der Waals surface area contributed by atoms with Crippen LogP contribution in [0.4, 0.5) is 0 Å². The molecule has 1 unspecified atom stereocenters. The number of para-hydroxylation sites is 1. The number of amides is 1. The topological polar surface area (TPSA) is 87.2 Å². The highest BCUT2D eigenvalue weighted by atomic mass is 16.5. The normalized spacial score (nSPS) is 14.2. The first-order valence-electron chi connectivity index (χ1n) is 6.45. The molecule has 0 aliphatic rings. The number of hydrogen-bond acceptors (Lipinski definition) is 4. The minimum Gasteiger partial charge on any atom is -0.396 e. The molecule has 0 aliphatic heterocycles. The molecule has 6 nitrogen and oxygen atoms in total. The van der Waals surface area contributed by atoms with Crippen LogP contribution in [0, 0.1) is 0 Å². The monoisotopic (exact) mass is 277 g/mol. The smallest absolute Gasteiger partial charge is 0.272 e. The maximum Gasteiger partial charge on any atom is 0.272 e. The first kappa shape index (κ1) is 14.5. The Morgan fingerprint density at radius 2 is 2.25 bits per heavy atom. The van der Waals surface area contributed by atoms with E-state index in [2.05, 4.69) is 15.5 Å². The predicted molar refractivity (Wildman–Crippen MR) is 75.5 cm³/mol. The number of aliphatic hydroxyl groups excluding tert-OH is 1. The number of methoxy groups -OCH3 is 1. The number of hydrogen-bond donors (Lipinski definition) is 3. The summed E-state index contributed by atoms with van der Waals surface area (Å²) in [5, 5.41) is 19.7. The van der Waals surface area contributed by atoms with E-state index in [0.29, 0.717) is 18.7 Å². The summed E-state index contributed by atoms with van der Waals surface area (Å²) in [4.78, 5) is 12.4. The van der Waals surface area contributed by atoms with Crippen molar-refractivity contribution >= 4 is 16.8 Å². The third-order valence-electron chi connectivity index (χ3n) is 3.23. The Bertz CT molecular complexity index is 588. The second kappa shape index (κ2) is 6.02. The molecule has 1 atom stereocenters. The highest BCUT2D eigenvalue weighted by Gasteiger charge is 2.28. The van der Waals surface area contributed by atoms with E-state index >= 15 is 0 Å². The summed E-state index contributed by atoms with van der Waals surface area (Å²) in [7, 11) is 1.56. The number of aromatic nitrogens is 2. The third-order valence-corrected chi connectivity index (χ3v) is 3.23. The molecule has 0 fully saturated rings. The quantitative estimate of drug-likeness (QED) is 0.737. The van der Waals surface area contributed by atoms with Crippen LogP contribution in [-0.4, -0.2) is 47.1 Å². The minimum absolute atomic E-state index is 0.0263. The van der Waals surface area contributed by atoms with Gasteiger partial charge < -0.3 is 15.2 Å². The maximum absolute atomic E-state index is 12.4. The fourth-order valence-electron chi connectivity index (χ4n) is 2.21.